The van der Waals surface area contributed by atoms with Gasteiger partial charge in [0, 0.05) is 6.20 Å². The van der Waals surface area contributed by atoms with Crippen LogP contribution >= 0.6 is 15.9 Å². The molecule has 4 nitrogen and oxygen atoms in total. The summed E-state index contributed by atoms with van der Waals surface area (Å²) < 4.78 is 2.54. The van der Waals surface area contributed by atoms with E-state index in [2.05, 4.69) is 26.0 Å². The van der Waals surface area contributed by atoms with E-state index in [0.29, 0.717) is 5.69 Å². The van der Waals surface area contributed by atoms with Gasteiger partial charge in [-0.2, -0.15) is 5.10 Å². The average molecular weight is 253 g/mol. The van der Waals surface area contributed by atoms with Crippen LogP contribution in [-0.2, 0) is 0 Å². The highest BCUT2D eigenvalue weighted by atomic mass is 79.9. The Kier molecular flexibility index (Phi) is 2.25. The Balaban J connectivity index is 2.52. The maximum atomic E-state index is 5.59. The van der Waals surface area contributed by atoms with Gasteiger partial charge in [0.2, 0.25) is 0 Å². The first-order valence-electron chi connectivity index (χ1n) is 4.09. The van der Waals surface area contributed by atoms with E-state index in [1.54, 1.807) is 23.1 Å². The lowest BCUT2D eigenvalue weighted by molar-refractivity contribution is 0.842. The minimum Gasteiger partial charge on any atom is -0.397 e. The van der Waals surface area contributed by atoms with Gasteiger partial charge in [-0.3, -0.25) is 0 Å². The van der Waals surface area contributed by atoms with Crippen LogP contribution in [-0.4, -0.2) is 14.8 Å². The number of hydrogen-bond acceptors (Lipinski definition) is 3. The third-order valence-corrected chi connectivity index (χ3v) is 2.36. The third-order valence-electron chi connectivity index (χ3n) is 1.77. The van der Waals surface area contributed by atoms with Gasteiger partial charge in [0.25, 0.3) is 0 Å². The van der Waals surface area contributed by atoms with Crippen molar-refractivity contribution in [1.82, 2.24) is 14.8 Å². The first-order chi connectivity index (χ1) is 6.66. The lowest BCUT2D eigenvalue weighted by Gasteiger charge is -2.03. The lowest BCUT2D eigenvalue weighted by atomic mass is 10.4. The van der Waals surface area contributed by atoms with Crippen molar-refractivity contribution in [2.75, 3.05) is 5.73 Å². The van der Waals surface area contributed by atoms with Crippen molar-refractivity contribution in [3.63, 3.8) is 0 Å². The van der Waals surface area contributed by atoms with Crippen LogP contribution in [0.4, 0.5) is 5.69 Å². The van der Waals surface area contributed by atoms with Gasteiger partial charge in [-0.15, -0.1) is 0 Å². The molecule has 0 saturated heterocycles. The second-order valence-electron chi connectivity index (χ2n) is 3.04. The smallest absolute Gasteiger partial charge is 0.167 e. The Hall–Kier alpha value is -1.36. The Morgan fingerprint density at radius 2 is 2.21 bits per heavy atom. The van der Waals surface area contributed by atoms with E-state index >= 15 is 0 Å². The maximum Gasteiger partial charge on any atom is 0.167 e. The summed E-state index contributed by atoms with van der Waals surface area (Å²) in [7, 11) is 0. The number of rotatable bonds is 1. The molecule has 14 heavy (non-hydrogen) atoms. The molecule has 0 radical (unpaired) electrons. The molecule has 72 valence electrons. The minimum atomic E-state index is 0.629. The number of nitrogens with zero attached hydrogens (tertiary/aromatic N) is 3. The number of hydrogen-bond donors (Lipinski definition) is 1. The SMILES string of the molecule is Cc1cnn(-c2ncc(N)cc2Br)c1. The van der Waals surface area contributed by atoms with E-state index in [1.165, 1.54) is 0 Å². The fraction of sp³-hybridized carbons (Fsp3) is 0.111. The first-order valence-corrected chi connectivity index (χ1v) is 4.89. The Morgan fingerprint density at radius 3 is 2.79 bits per heavy atom. The molecule has 0 fully saturated rings. The van der Waals surface area contributed by atoms with Crippen LogP contribution in [0.3, 0.4) is 0 Å². The molecule has 2 heterocycles. The summed E-state index contributed by atoms with van der Waals surface area (Å²) in [5.74, 6) is 0.743. The largest absolute Gasteiger partial charge is 0.397 e. The van der Waals surface area contributed by atoms with Crippen LogP contribution in [0.1, 0.15) is 5.56 Å². The van der Waals surface area contributed by atoms with Crippen molar-refractivity contribution < 1.29 is 0 Å². The molecule has 0 unspecified atom stereocenters. The van der Waals surface area contributed by atoms with Gasteiger partial charge in [0.05, 0.1) is 22.6 Å². The Morgan fingerprint density at radius 1 is 1.43 bits per heavy atom. The number of anilines is 1. The van der Waals surface area contributed by atoms with Crippen molar-refractivity contribution >= 4 is 21.6 Å². The van der Waals surface area contributed by atoms with Gasteiger partial charge in [0.1, 0.15) is 0 Å². The van der Waals surface area contributed by atoms with Crippen LogP contribution in [0.15, 0.2) is 29.1 Å². The summed E-state index contributed by atoms with van der Waals surface area (Å²) in [6.45, 7) is 1.98. The maximum absolute atomic E-state index is 5.59. The second kappa shape index (κ2) is 3.42. The van der Waals surface area contributed by atoms with E-state index in [4.69, 9.17) is 5.73 Å². The summed E-state index contributed by atoms with van der Waals surface area (Å²) in [5.41, 5.74) is 7.31. The highest BCUT2D eigenvalue weighted by Crippen LogP contribution is 2.20. The second-order valence-corrected chi connectivity index (χ2v) is 3.89. The van der Waals surface area contributed by atoms with Crippen LogP contribution in [0.5, 0.6) is 0 Å². The average Bonchev–Trinajstić information content (AvgIpc) is 2.51. The number of halogens is 1. The summed E-state index contributed by atoms with van der Waals surface area (Å²) >= 11 is 3.39. The van der Waals surface area contributed by atoms with E-state index in [1.807, 2.05) is 13.1 Å². The summed E-state index contributed by atoms with van der Waals surface area (Å²) in [5, 5.41) is 4.16. The van der Waals surface area contributed by atoms with Crippen molar-refractivity contribution in [1.29, 1.82) is 0 Å². The number of aryl methyl sites for hydroxylation is 1. The highest BCUT2D eigenvalue weighted by molar-refractivity contribution is 9.10. The standard InChI is InChI=1S/C9H9BrN4/c1-6-3-13-14(5-6)9-8(10)2-7(11)4-12-9/h2-5H,11H2,1H3. The van der Waals surface area contributed by atoms with Crippen LogP contribution in [0, 0.1) is 6.92 Å². The quantitative estimate of drug-likeness (QED) is 0.844. The third kappa shape index (κ3) is 1.63. The molecule has 5 heteroatoms. The zero-order valence-corrected chi connectivity index (χ0v) is 9.19. The lowest BCUT2D eigenvalue weighted by Crippen LogP contribution is -2.00. The molecule has 0 aromatic carbocycles. The topological polar surface area (TPSA) is 56.7 Å². The predicted octanol–water partition coefficient (Wildman–Crippen LogP) is 1.92. The summed E-state index contributed by atoms with van der Waals surface area (Å²) in [4.78, 5) is 4.19. The zero-order valence-electron chi connectivity index (χ0n) is 7.61. The number of nitrogens with two attached hydrogens (primary N) is 1. The number of pyridine rings is 1. The van der Waals surface area contributed by atoms with Gasteiger partial charge in [-0.05, 0) is 34.5 Å². The molecule has 0 atom stereocenters. The van der Waals surface area contributed by atoms with Crippen LogP contribution in [0.25, 0.3) is 5.82 Å². The molecule has 0 amide bonds. The highest BCUT2D eigenvalue weighted by Gasteiger charge is 2.04. The fourth-order valence-electron chi connectivity index (χ4n) is 1.14. The Labute approximate surface area is 89.9 Å². The van der Waals surface area contributed by atoms with E-state index in [9.17, 15) is 0 Å². The molecule has 0 bridgehead atoms. The zero-order chi connectivity index (χ0) is 10.1. The Bertz CT molecular complexity index is 464. The summed E-state index contributed by atoms with van der Waals surface area (Å²) in [6, 6.07) is 1.80. The fourth-order valence-corrected chi connectivity index (χ4v) is 1.69. The molecule has 0 aliphatic heterocycles. The molecule has 0 spiro atoms. The summed E-state index contributed by atoms with van der Waals surface area (Å²) in [6.07, 6.45) is 5.30. The van der Waals surface area contributed by atoms with Crippen molar-refractivity contribution in [3.8, 4) is 5.82 Å². The molecule has 0 aliphatic carbocycles. The van der Waals surface area contributed by atoms with Crippen LogP contribution < -0.4 is 5.73 Å². The van der Waals surface area contributed by atoms with Gasteiger partial charge < -0.3 is 5.73 Å². The molecule has 2 N–H and O–H groups in total. The molecule has 2 aromatic rings. The predicted molar refractivity (Wildman–Crippen MR) is 58.2 cm³/mol. The number of nitrogen functional groups attached to an aromatic ring is 1. The van der Waals surface area contributed by atoms with Gasteiger partial charge in [-0.25, -0.2) is 9.67 Å². The van der Waals surface area contributed by atoms with E-state index in [0.717, 1.165) is 15.9 Å². The van der Waals surface area contributed by atoms with Gasteiger partial charge in [0.15, 0.2) is 5.82 Å². The minimum absolute atomic E-state index is 0.629. The van der Waals surface area contributed by atoms with Gasteiger partial charge >= 0.3 is 0 Å². The van der Waals surface area contributed by atoms with Crippen LogP contribution in [0.2, 0.25) is 0 Å². The normalized spacial score (nSPS) is 10.4. The first kappa shape index (κ1) is 9.21. The van der Waals surface area contributed by atoms with Crippen molar-refractivity contribution in [3.05, 3.63) is 34.7 Å². The van der Waals surface area contributed by atoms with E-state index in [-0.39, 0.29) is 0 Å². The molecular formula is C9H9BrN4. The van der Waals surface area contributed by atoms with Crippen molar-refractivity contribution in [2.45, 2.75) is 6.92 Å². The van der Waals surface area contributed by atoms with Gasteiger partial charge in [-0.1, -0.05) is 0 Å². The molecule has 2 rings (SSSR count). The molecule has 2 aromatic heterocycles. The molecule has 0 aliphatic rings. The monoisotopic (exact) mass is 252 g/mol. The van der Waals surface area contributed by atoms with Crippen molar-refractivity contribution in [2.24, 2.45) is 0 Å². The number of aromatic nitrogens is 3. The molecular weight excluding hydrogens is 244 g/mol. The molecule has 0 saturated carbocycles. The van der Waals surface area contributed by atoms with E-state index < -0.39 is 0 Å².